The standard InChI is InChI=1S/C12H10O2/c1-8(13)11-6-9-4-2-3-5-10(9)7-12(11)14/h2-7,13-14H,1H2. The molecule has 2 aromatic rings. The van der Waals surface area contributed by atoms with Gasteiger partial charge in [0.1, 0.15) is 11.5 Å². The topological polar surface area (TPSA) is 40.5 Å². The zero-order valence-corrected chi connectivity index (χ0v) is 7.57. The van der Waals surface area contributed by atoms with Crippen LogP contribution in [0.5, 0.6) is 5.75 Å². The minimum atomic E-state index is -0.117. The molecule has 0 heterocycles. The van der Waals surface area contributed by atoms with Crippen LogP contribution < -0.4 is 0 Å². The van der Waals surface area contributed by atoms with Crippen LogP contribution in [-0.4, -0.2) is 10.2 Å². The summed E-state index contributed by atoms with van der Waals surface area (Å²) in [5.41, 5.74) is 0.378. The minimum Gasteiger partial charge on any atom is -0.508 e. The van der Waals surface area contributed by atoms with Crippen LogP contribution in [0, 0.1) is 0 Å². The molecule has 0 aliphatic heterocycles. The monoisotopic (exact) mass is 186 g/mol. The zero-order valence-electron chi connectivity index (χ0n) is 7.57. The minimum absolute atomic E-state index is 0.0520. The Balaban J connectivity index is 2.77. The van der Waals surface area contributed by atoms with Crippen LogP contribution in [0.3, 0.4) is 0 Å². The third-order valence-corrected chi connectivity index (χ3v) is 2.17. The maximum atomic E-state index is 9.56. The van der Waals surface area contributed by atoms with Gasteiger partial charge in [-0.1, -0.05) is 30.8 Å². The van der Waals surface area contributed by atoms with Crippen LogP contribution in [0.2, 0.25) is 0 Å². The first-order chi connectivity index (χ1) is 6.68. The molecule has 2 aromatic carbocycles. The normalized spacial score (nSPS) is 10.3. The van der Waals surface area contributed by atoms with Crippen molar-refractivity contribution in [1.29, 1.82) is 0 Å². The summed E-state index contributed by atoms with van der Waals surface area (Å²) in [6.07, 6.45) is 0. The molecule has 0 aliphatic carbocycles. The first-order valence-corrected chi connectivity index (χ1v) is 4.28. The molecule has 0 saturated carbocycles. The second-order valence-corrected chi connectivity index (χ2v) is 3.16. The van der Waals surface area contributed by atoms with Crippen molar-refractivity contribution in [3.63, 3.8) is 0 Å². The second kappa shape index (κ2) is 3.07. The highest BCUT2D eigenvalue weighted by atomic mass is 16.3. The molecule has 0 radical (unpaired) electrons. The molecule has 0 fully saturated rings. The smallest absolute Gasteiger partial charge is 0.127 e. The average molecular weight is 186 g/mol. The van der Waals surface area contributed by atoms with Crippen molar-refractivity contribution in [2.75, 3.05) is 0 Å². The molecule has 14 heavy (non-hydrogen) atoms. The SMILES string of the molecule is C=C(O)c1cc2ccccc2cc1O. The van der Waals surface area contributed by atoms with Gasteiger partial charge >= 0.3 is 0 Å². The lowest BCUT2D eigenvalue weighted by atomic mass is 10.1. The number of phenolic OH excluding ortho intramolecular Hbond substituents is 1. The van der Waals surface area contributed by atoms with Gasteiger partial charge < -0.3 is 10.2 Å². The molecular weight excluding hydrogens is 176 g/mol. The summed E-state index contributed by atoms with van der Waals surface area (Å²) in [6, 6.07) is 11.0. The van der Waals surface area contributed by atoms with Crippen LogP contribution in [0.15, 0.2) is 43.0 Å². The van der Waals surface area contributed by atoms with Gasteiger partial charge in [-0.2, -0.15) is 0 Å². The lowest BCUT2D eigenvalue weighted by Gasteiger charge is -2.04. The summed E-state index contributed by atoms with van der Waals surface area (Å²) in [5.74, 6) is -0.0653. The van der Waals surface area contributed by atoms with E-state index < -0.39 is 0 Å². The Labute approximate surface area is 81.7 Å². The number of aromatic hydroxyl groups is 1. The fourth-order valence-corrected chi connectivity index (χ4v) is 1.46. The molecule has 0 atom stereocenters. The van der Waals surface area contributed by atoms with E-state index in [2.05, 4.69) is 6.58 Å². The third kappa shape index (κ3) is 1.31. The molecule has 2 rings (SSSR count). The van der Waals surface area contributed by atoms with Gasteiger partial charge in [-0.05, 0) is 22.9 Å². The van der Waals surface area contributed by atoms with E-state index in [1.165, 1.54) is 0 Å². The summed E-state index contributed by atoms with van der Waals surface area (Å²) in [4.78, 5) is 0. The molecule has 0 amide bonds. The highest BCUT2D eigenvalue weighted by Crippen LogP contribution is 2.28. The van der Waals surface area contributed by atoms with Crippen LogP contribution in [0.25, 0.3) is 16.5 Å². The molecule has 2 heteroatoms. The Morgan fingerprint density at radius 3 is 2.21 bits per heavy atom. The van der Waals surface area contributed by atoms with Crippen molar-refractivity contribution in [3.8, 4) is 5.75 Å². The van der Waals surface area contributed by atoms with Gasteiger partial charge in [0.15, 0.2) is 0 Å². The number of rotatable bonds is 1. The number of aliphatic hydroxyl groups excluding tert-OH is 1. The lowest BCUT2D eigenvalue weighted by Crippen LogP contribution is -1.83. The van der Waals surface area contributed by atoms with Crippen LogP contribution in [0.4, 0.5) is 0 Å². The number of hydrogen-bond donors (Lipinski definition) is 2. The van der Waals surface area contributed by atoms with E-state index in [1.54, 1.807) is 12.1 Å². The second-order valence-electron chi connectivity index (χ2n) is 3.16. The number of benzene rings is 2. The summed E-state index contributed by atoms with van der Waals surface area (Å²) < 4.78 is 0. The van der Waals surface area contributed by atoms with E-state index in [9.17, 15) is 10.2 Å². The molecule has 0 bridgehead atoms. The van der Waals surface area contributed by atoms with Crippen molar-refractivity contribution in [1.82, 2.24) is 0 Å². The largest absolute Gasteiger partial charge is 0.508 e. The predicted octanol–water partition coefficient (Wildman–Crippen LogP) is 3.07. The maximum absolute atomic E-state index is 9.56. The van der Waals surface area contributed by atoms with Gasteiger partial charge in [-0.3, -0.25) is 0 Å². The van der Waals surface area contributed by atoms with Crippen LogP contribution >= 0.6 is 0 Å². The van der Waals surface area contributed by atoms with Crippen molar-refractivity contribution < 1.29 is 10.2 Å². The average Bonchev–Trinajstić information content (AvgIpc) is 2.16. The summed E-state index contributed by atoms with van der Waals surface area (Å²) in [5, 5.41) is 20.7. The Hall–Kier alpha value is -1.96. The number of aliphatic hydroxyl groups is 1. The van der Waals surface area contributed by atoms with Gasteiger partial charge in [0.2, 0.25) is 0 Å². The molecule has 2 N–H and O–H groups in total. The molecule has 0 unspecified atom stereocenters. The van der Waals surface area contributed by atoms with E-state index in [4.69, 9.17) is 0 Å². The van der Waals surface area contributed by atoms with E-state index in [-0.39, 0.29) is 11.5 Å². The molecule has 0 aromatic heterocycles. The van der Waals surface area contributed by atoms with E-state index in [0.29, 0.717) is 5.56 Å². The molecule has 2 nitrogen and oxygen atoms in total. The number of hydrogen-bond acceptors (Lipinski definition) is 2. The summed E-state index contributed by atoms with van der Waals surface area (Å²) >= 11 is 0. The van der Waals surface area contributed by atoms with E-state index in [0.717, 1.165) is 10.8 Å². The highest BCUT2D eigenvalue weighted by Gasteiger charge is 2.05. The molecule has 0 aliphatic rings. The Bertz CT molecular complexity index is 501. The lowest BCUT2D eigenvalue weighted by molar-refractivity contribution is 0.462. The van der Waals surface area contributed by atoms with E-state index >= 15 is 0 Å². The molecule has 0 saturated heterocycles. The Kier molecular flexibility index (Phi) is 1.89. The van der Waals surface area contributed by atoms with Gasteiger partial charge in [0.25, 0.3) is 0 Å². The predicted molar refractivity (Wildman–Crippen MR) is 57.3 cm³/mol. The van der Waals surface area contributed by atoms with Gasteiger partial charge in [-0.15, -0.1) is 0 Å². The Morgan fingerprint density at radius 2 is 1.64 bits per heavy atom. The van der Waals surface area contributed by atoms with Gasteiger partial charge in [0.05, 0.1) is 5.56 Å². The first kappa shape index (κ1) is 8.63. The van der Waals surface area contributed by atoms with Gasteiger partial charge in [-0.25, -0.2) is 0 Å². The first-order valence-electron chi connectivity index (χ1n) is 4.28. The molecule has 0 spiro atoms. The Morgan fingerprint density at radius 1 is 1.07 bits per heavy atom. The van der Waals surface area contributed by atoms with Crippen molar-refractivity contribution in [2.24, 2.45) is 0 Å². The highest BCUT2D eigenvalue weighted by molar-refractivity contribution is 5.87. The van der Waals surface area contributed by atoms with Crippen molar-refractivity contribution in [3.05, 3.63) is 48.5 Å². The summed E-state index contributed by atoms with van der Waals surface area (Å²) in [6.45, 7) is 3.39. The quantitative estimate of drug-likeness (QED) is 0.672. The van der Waals surface area contributed by atoms with E-state index in [1.807, 2.05) is 24.3 Å². The number of phenols is 1. The van der Waals surface area contributed by atoms with Crippen LogP contribution in [0.1, 0.15) is 5.56 Å². The third-order valence-electron chi connectivity index (χ3n) is 2.17. The van der Waals surface area contributed by atoms with Crippen molar-refractivity contribution >= 4 is 16.5 Å². The van der Waals surface area contributed by atoms with Crippen LogP contribution in [-0.2, 0) is 0 Å². The maximum Gasteiger partial charge on any atom is 0.127 e. The molecule has 70 valence electrons. The van der Waals surface area contributed by atoms with Gasteiger partial charge in [0, 0.05) is 0 Å². The zero-order chi connectivity index (χ0) is 10.1. The molecular formula is C12H10O2. The number of fused-ring (bicyclic) bond motifs is 1. The summed E-state index contributed by atoms with van der Waals surface area (Å²) in [7, 11) is 0. The fourth-order valence-electron chi connectivity index (χ4n) is 1.46. The fraction of sp³-hybridized carbons (Fsp3) is 0. The van der Waals surface area contributed by atoms with Crippen molar-refractivity contribution in [2.45, 2.75) is 0 Å².